The lowest BCUT2D eigenvalue weighted by Gasteiger charge is -2.46. The van der Waals surface area contributed by atoms with Gasteiger partial charge in [0.05, 0.1) is 0 Å². The first-order valence-corrected chi connectivity index (χ1v) is 13.7. The molecule has 1 aromatic carbocycles. The Morgan fingerprint density at radius 3 is 1.64 bits per heavy atom. The average Bonchev–Trinajstić information content (AvgIpc) is 3.52. The Hall–Kier alpha value is -0.285. The van der Waals surface area contributed by atoms with Gasteiger partial charge >= 0.3 is 0 Å². The van der Waals surface area contributed by atoms with Gasteiger partial charge in [0.1, 0.15) is 0 Å². The fraction of sp³-hybridized carbons (Fsp3) is 0.769. The van der Waals surface area contributed by atoms with Gasteiger partial charge in [0.2, 0.25) is 0 Å². The predicted octanol–water partition coefficient (Wildman–Crippen LogP) is 7.19. The highest BCUT2D eigenvalue weighted by Gasteiger charge is 2.52. The third-order valence-corrected chi connectivity index (χ3v) is 13.7. The lowest BCUT2D eigenvalue weighted by Crippen LogP contribution is -2.31. The number of rotatable bonds is 4. The van der Waals surface area contributed by atoms with E-state index in [4.69, 9.17) is 0 Å². The molecule has 0 spiro atoms. The van der Waals surface area contributed by atoms with Crippen LogP contribution in [0, 0.1) is 23.7 Å². The molecule has 0 heterocycles. The molecule has 149 valence electrons. The normalized spacial score (nSPS) is 45.1. The fourth-order valence-electron chi connectivity index (χ4n) is 8.37. The molecule has 5 saturated carbocycles. The second-order valence-corrected chi connectivity index (χ2v) is 13.8. The van der Waals surface area contributed by atoms with Crippen LogP contribution in [-0.4, -0.2) is 25.4 Å². The Bertz CT molecular complexity index is 624. The monoisotopic (exact) mass is 391 g/mol. The predicted molar refractivity (Wildman–Crippen MR) is 123 cm³/mol. The highest BCUT2D eigenvalue weighted by Crippen LogP contribution is 2.70. The third kappa shape index (κ3) is 3.43. The van der Waals surface area contributed by atoms with Gasteiger partial charge in [0.15, 0.2) is 0 Å². The molecule has 0 N–H and O–H groups in total. The van der Waals surface area contributed by atoms with Gasteiger partial charge < -0.3 is 0 Å². The van der Waals surface area contributed by atoms with Crippen LogP contribution < -0.4 is 0 Å². The zero-order valence-electron chi connectivity index (χ0n) is 17.5. The second-order valence-electron chi connectivity index (χ2n) is 10.8. The lowest BCUT2D eigenvalue weighted by molar-refractivity contribution is 0.423. The van der Waals surface area contributed by atoms with Crippen molar-refractivity contribution in [3.05, 3.63) is 35.9 Å². The Balaban J connectivity index is 0.00000171. The van der Waals surface area contributed by atoms with E-state index < -0.39 is 0 Å². The number of benzene rings is 1. The lowest BCUT2D eigenvalue weighted by atomic mass is 9.84. The van der Waals surface area contributed by atoms with Gasteiger partial charge in [0, 0.05) is 8.41 Å². The highest BCUT2D eigenvalue weighted by molar-refractivity contribution is 7.60. The summed E-state index contributed by atoms with van der Waals surface area (Å²) >= 11 is 0. The smallest absolute Gasteiger partial charge is 0 e. The first-order valence-electron chi connectivity index (χ1n) is 12.2. The Morgan fingerprint density at radius 2 is 1.18 bits per heavy atom. The molecule has 5 fully saturated rings. The number of fused-ring (bicyclic) bond motifs is 4. The van der Waals surface area contributed by atoms with Gasteiger partial charge in [0.25, 0.3) is 0 Å². The molecule has 4 bridgehead atoms. The molecular formula is C26H37BP. The minimum Gasteiger partial charge on any atom is -0.0966 e. The van der Waals surface area contributed by atoms with Crippen molar-refractivity contribution in [2.24, 2.45) is 23.7 Å². The van der Waals surface area contributed by atoms with Crippen LogP contribution in [0.25, 0.3) is 0 Å². The largest absolute Gasteiger partial charge is 0.0966 e. The van der Waals surface area contributed by atoms with Crippen LogP contribution in [0.1, 0.15) is 88.5 Å². The van der Waals surface area contributed by atoms with Crippen molar-refractivity contribution in [2.75, 3.05) is 0 Å². The van der Waals surface area contributed by atoms with E-state index in [2.05, 4.69) is 30.3 Å². The van der Waals surface area contributed by atoms with Crippen LogP contribution in [0.3, 0.4) is 0 Å². The summed E-state index contributed by atoms with van der Waals surface area (Å²) in [6.07, 6.45) is 19.0. The van der Waals surface area contributed by atoms with Crippen LogP contribution >= 0.6 is 7.92 Å². The molecule has 6 unspecified atom stereocenters. The molecular weight excluding hydrogens is 354 g/mol. The summed E-state index contributed by atoms with van der Waals surface area (Å²) in [6.45, 7) is 0. The minimum atomic E-state index is 0. The number of hydrogen-bond donors (Lipinski definition) is 0. The van der Waals surface area contributed by atoms with Crippen molar-refractivity contribution in [3.8, 4) is 0 Å². The van der Waals surface area contributed by atoms with Gasteiger partial charge in [-0.2, -0.15) is 0 Å². The molecule has 0 saturated heterocycles. The Morgan fingerprint density at radius 1 is 0.607 bits per heavy atom. The summed E-state index contributed by atoms with van der Waals surface area (Å²) in [4.78, 5) is 0. The standard InChI is InChI=1S/C26H37P.B/c1-2-4-20(5-3-1)21-10-12-24(13-11-21)27(25-16-18-6-8-22(25)14-18)26-17-19-7-9-23(26)15-19;/h1-5,18-19,21-26H,6-17H2;. The Labute approximate surface area is 176 Å². The first kappa shape index (κ1) is 19.7. The van der Waals surface area contributed by atoms with Crippen molar-refractivity contribution < 1.29 is 0 Å². The molecule has 0 aliphatic heterocycles. The molecule has 0 amide bonds. The van der Waals surface area contributed by atoms with E-state index in [9.17, 15) is 0 Å². The highest BCUT2D eigenvalue weighted by atomic mass is 31.1. The van der Waals surface area contributed by atoms with E-state index in [0.29, 0.717) is 7.92 Å². The van der Waals surface area contributed by atoms with Crippen LogP contribution in [0.5, 0.6) is 0 Å². The van der Waals surface area contributed by atoms with Crippen molar-refractivity contribution in [1.29, 1.82) is 0 Å². The summed E-state index contributed by atoms with van der Waals surface area (Å²) in [5.41, 5.74) is 5.15. The van der Waals surface area contributed by atoms with E-state index in [1.54, 1.807) is 69.8 Å². The van der Waals surface area contributed by atoms with Crippen molar-refractivity contribution in [3.63, 3.8) is 0 Å². The summed E-state index contributed by atoms with van der Waals surface area (Å²) in [5, 5.41) is 0. The van der Waals surface area contributed by atoms with Crippen molar-refractivity contribution in [2.45, 2.75) is 99.9 Å². The molecule has 2 heteroatoms. The van der Waals surface area contributed by atoms with Crippen LogP contribution in [-0.2, 0) is 0 Å². The summed E-state index contributed by atoms with van der Waals surface area (Å²) < 4.78 is 0. The summed E-state index contributed by atoms with van der Waals surface area (Å²) in [6, 6.07) is 11.5. The van der Waals surface area contributed by atoms with Crippen LogP contribution in [0.4, 0.5) is 0 Å². The maximum absolute atomic E-state index is 2.39. The molecule has 1 aromatic rings. The first-order chi connectivity index (χ1) is 13.3. The third-order valence-electron chi connectivity index (χ3n) is 9.56. The van der Waals surface area contributed by atoms with Crippen molar-refractivity contribution >= 4 is 16.3 Å². The van der Waals surface area contributed by atoms with Gasteiger partial charge in [-0.3, -0.25) is 0 Å². The Kier molecular flexibility index (Phi) is 5.69. The van der Waals surface area contributed by atoms with Gasteiger partial charge in [-0.1, -0.05) is 51.1 Å². The topological polar surface area (TPSA) is 0 Å². The molecule has 5 aliphatic rings. The van der Waals surface area contributed by atoms with E-state index in [-0.39, 0.29) is 8.41 Å². The van der Waals surface area contributed by atoms with E-state index in [1.165, 1.54) is 24.2 Å². The average molecular weight is 391 g/mol. The minimum absolute atomic E-state index is 0. The second kappa shape index (κ2) is 8.09. The van der Waals surface area contributed by atoms with Crippen LogP contribution in [0.2, 0.25) is 0 Å². The molecule has 5 aliphatic carbocycles. The van der Waals surface area contributed by atoms with Gasteiger partial charge in [-0.25, -0.2) is 0 Å². The SMILES string of the molecule is [B].c1ccc(C2CCC(P(C3CC4CCC3C4)C3CC4CCC3C4)CC2)cc1. The van der Waals surface area contributed by atoms with Gasteiger partial charge in [-0.15, -0.1) is 0 Å². The molecule has 3 radical (unpaired) electrons. The van der Waals surface area contributed by atoms with Crippen molar-refractivity contribution in [1.82, 2.24) is 0 Å². The van der Waals surface area contributed by atoms with E-state index >= 15 is 0 Å². The number of hydrogen-bond acceptors (Lipinski definition) is 0. The summed E-state index contributed by atoms with van der Waals surface area (Å²) in [5.74, 6) is 5.46. The van der Waals surface area contributed by atoms with E-state index in [1.807, 2.05) is 0 Å². The zero-order chi connectivity index (χ0) is 17.8. The maximum atomic E-state index is 2.39. The molecule has 0 nitrogen and oxygen atoms in total. The zero-order valence-corrected chi connectivity index (χ0v) is 18.4. The maximum Gasteiger partial charge on any atom is 0 e. The summed E-state index contributed by atoms with van der Waals surface area (Å²) in [7, 11) is 0.302. The molecule has 0 aromatic heterocycles. The van der Waals surface area contributed by atoms with E-state index in [0.717, 1.165) is 35.2 Å². The van der Waals surface area contributed by atoms with Gasteiger partial charge in [-0.05, 0) is 116 Å². The molecule has 6 atom stereocenters. The quantitative estimate of drug-likeness (QED) is 0.376. The fourth-order valence-corrected chi connectivity index (χ4v) is 13.4. The molecule has 28 heavy (non-hydrogen) atoms. The molecule has 6 rings (SSSR count). The van der Waals surface area contributed by atoms with Crippen LogP contribution in [0.15, 0.2) is 30.3 Å².